The summed E-state index contributed by atoms with van der Waals surface area (Å²) in [6, 6.07) is 9.39. The lowest BCUT2D eigenvalue weighted by Crippen LogP contribution is -2.35. The second-order valence-corrected chi connectivity index (χ2v) is 5.52. The van der Waals surface area contributed by atoms with Crippen LogP contribution in [0.4, 0.5) is 0 Å². The zero-order valence-corrected chi connectivity index (χ0v) is 12.6. The van der Waals surface area contributed by atoms with Crippen molar-refractivity contribution in [2.45, 2.75) is 45.3 Å². The SMILES string of the molecule is CC1=C(C(=O)NC(C)CC(O)c2ccccc2)CCCO1. The van der Waals surface area contributed by atoms with E-state index in [4.69, 9.17) is 4.74 Å². The van der Waals surface area contributed by atoms with Crippen molar-refractivity contribution in [3.63, 3.8) is 0 Å². The quantitative estimate of drug-likeness (QED) is 0.876. The minimum atomic E-state index is -0.570. The third kappa shape index (κ3) is 4.33. The van der Waals surface area contributed by atoms with Crippen LogP contribution in [0.1, 0.15) is 44.8 Å². The summed E-state index contributed by atoms with van der Waals surface area (Å²) in [4.78, 5) is 12.2. The van der Waals surface area contributed by atoms with Crippen molar-refractivity contribution in [2.24, 2.45) is 0 Å². The van der Waals surface area contributed by atoms with E-state index in [1.165, 1.54) is 0 Å². The molecule has 0 fully saturated rings. The van der Waals surface area contributed by atoms with E-state index in [9.17, 15) is 9.90 Å². The molecule has 1 aliphatic rings. The monoisotopic (exact) mass is 289 g/mol. The molecule has 0 saturated carbocycles. The molecule has 0 spiro atoms. The Kier molecular flexibility index (Phi) is 5.39. The number of carbonyl (C=O) groups is 1. The summed E-state index contributed by atoms with van der Waals surface area (Å²) in [5.74, 6) is 0.634. The van der Waals surface area contributed by atoms with Crippen LogP contribution in [0.5, 0.6) is 0 Å². The van der Waals surface area contributed by atoms with Gasteiger partial charge in [-0.1, -0.05) is 30.3 Å². The Morgan fingerprint density at radius 3 is 2.76 bits per heavy atom. The molecule has 21 heavy (non-hydrogen) atoms. The molecule has 1 heterocycles. The Hall–Kier alpha value is -1.81. The molecular weight excluding hydrogens is 266 g/mol. The van der Waals surface area contributed by atoms with Crippen LogP contribution in [0.25, 0.3) is 0 Å². The molecule has 4 heteroatoms. The van der Waals surface area contributed by atoms with E-state index in [-0.39, 0.29) is 11.9 Å². The molecule has 1 aromatic rings. The molecule has 2 atom stereocenters. The van der Waals surface area contributed by atoms with Gasteiger partial charge in [0.1, 0.15) is 5.76 Å². The number of aliphatic hydroxyl groups excluding tert-OH is 1. The molecule has 0 aromatic heterocycles. The Bertz CT molecular complexity index is 510. The average molecular weight is 289 g/mol. The summed E-state index contributed by atoms with van der Waals surface area (Å²) in [5.41, 5.74) is 1.59. The number of amides is 1. The van der Waals surface area contributed by atoms with Gasteiger partial charge in [-0.2, -0.15) is 0 Å². The number of benzene rings is 1. The fraction of sp³-hybridized carbons (Fsp3) is 0.471. The number of allylic oxidation sites excluding steroid dienone is 1. The summed E-state index contributed by atoms with van der Waals surface area (Å²) >= 11 is 0. The molecule has 0 radical (unpaired) electrons. The fourth-order valence-corrected chi connectivity index (χ4v) is 2.53. The van der Waals surface area contributed by atoms with Crippen molar-refractivity contribution < 1.29 is 14.6 Å². The summed E-state index contributed by atoms with van der Waals surface area (Å²) in [6.07, 6.45) is 1.55. The molecule has 4 nitrogen and oxygen atoms in total. The zero-order valence-electron chi connectivity index (χ0n) is 12.6. The van der Waals surface area contributed by atoms with Gasteiger partial charge in [-0.05, 0) is 38.7 Å². The maximum absolute atomic E-state index is 12.2. The number of aliphatic hydroxyl groups is 1. The van der Waals surface area contributed by atoms with Crippen molar-refractivity contribution in [1.29, 1.82) is 0 Å². The summed E-state index contributed by atoms with van der Waals surface area (Å²) in [7, 11) is 0. The van der Waals surface area contributed by atoms with Crippen molar-refractivity contribution in [3.8, 4) is 0 Å². The van der Waals surface area contributed by atoms with Crippen molar-refractivity contribution in [2.75, 3.05) is 6.61 Å². The van der Waals surface area contributed by atoms with Crippen LogP contribution in [0.3, 0.4) is 0 Å². The molecular formula is C17H23NO3. The molecule has 2 rings (SSSR count). The van der Waals surface area contributed by atoms with Gasteiger partial charge in [0.15, 0.2) is 0 Å². The number of hydrogen-bond donors (Lipinski definition) is 2. The summed E-state index contributed by atoms with van der Waals surface area (Å²) in [6.45, 7) is 4.42. The highest BCUT2D eigenvalue weighted by Crippen LogP contribution is 2.21. The van der Waals surface area contributed by atoms with Crippen LogP contribution in [-0.2, 0) is 9.53 Å². The average Bonchev–Trinajstić information content (AvgIpc) is 2.48. The van der Waals surface area contributed by atoms with Gasteiger partial charge in [0.2, 0.25) is 0 Å². The first-order chi connectivity index (χ1) is 10.1. The van der Waals surface area contributed by atoms with Crippen LogP contribution in [0.15, 0.2) is 41.7 Å². The Balaban J connectivity index is 1.89. The predicted octanol–water partition coefficient (Wildman–Crippen LogP) is 2.70. The van der Waals surface area contributed by atoms with Crippen LogP contribution in [0.2, 0.25) is 0 Å². The van der Waals surface area contributed by atoms with Gasteiger partial charge < -0.3 is 15.2 Å². The molecule has 1 aliphatic heterocycles. The second kappa shape index (κ2) is 7.27. The number of nitrogens with one attached hydrogen (secondary N) is 1. The van der Waals surface area contributed by atoms with E-state index < -0.39 is 6.10 Å². The second-order valence-electron chi connectivity index (χ2n) is 5.52. The highest BCUT2D eigenvalue weighted by molar-refractivity contribution is 5.94. The minimum Gasteiger partial charge on any atom is -0.498 e. The van der Waals surface area contributed by atoms with Crippen LogP contribution in [0, 0.1) is 0 Å². The van der Waals surface area contributed by atoms with E-state index in [0.717, 1.165) is 29.7 Å². The number of hydrogen-bond acceptors (Lipinski definition) is 3. The molecule has 2 N–H and O–H groups in total. The first-order valence-electron chi connectivity index (χ1n) is 7.44. The highest BCUT2D eigenvalue weighted by atomic mass is 16.5. The van der Waals surface area contributed by atoms with E-state index in [0.29, 0.717) is 13.0 Å². The highest BCUT2D eigenvalue weighted by Gasteiger charge is 2.20. The van der Waals surface area contributed by atoms with E-state index >= 15 is 0 Å². The standard InChI is InChI=1S/C17H23NO3/c1-12(11-16(19)14-7-4-3-5-8-14)18-17(20)15-9-6-10-21-13(15)2/h3-5,7-8,12,16,19H,6,9-11H2,1-2H3,(H,18,20). The third-order valence-corrected chi connectivity index (χ3v) is 3.73. The van der Waals surface area contributed by atoms with Crippen molar-refractivity contribution in [3.05, 3.63) is 47.2 Å². The molecule has 0 aliphatic carbocycles. The van der Waals surface area contributed by atoms with Crippen LogP contribution < -0.4 is 5.32 Å². The minimum absolute atomic E-state index is 0.0834. The van der Waals surface area contributed by atoms with Crippen LogP contribution in [-0.4, -0.2) is 23.7 Å². The fourth-order valence-electron chi connectivity index (χ4n) is 2.53. The van der Waals surface area contributed by atoms with Gasteiger partial charge >= 0.3 is 0 Å². The molecule has 1 aromatic carbocycles. The smallest absolute Gasteiger partial charge is 0.250 e. The van der Waals surface area contributed by atoms with Gasteiger partial charge in [-0.25, -0.2) is 0 Å². The Morgan fingerprint density at radius 1 is 1.38 bits per heavy atom. The molecule has 0 bridgehead atoms. The summed E-state index contributed by atoms with van der Waals surface area (Å²) < 4.78 is 5.41. The predicted molar refractivity (Wildman–Crippen MR) is 81.5 cm³/mol. The first-order valence-corrected chi connectivity index (χ1v) is 7.44. The van der Waals surface area contributed by atoms with Crippen LogP contribution >= 0.6 is 0 Å². The Labute approximate surface area is 125 Å². The van der Waals surface area contributed by atoms with Crippen molar-refractivity contribution >= 4 is 5.91 Å². The van der Waals surface area contributed by atoms with E-state index in [1.54, 1.807) is 0 Å². The lowest BCUT2D eigenvalue weighted by atomic mass is 10.0. The van der Waals surface area contributed by atoms with Gasteiger partial charge in [-0.15, -0.1) is 0 Å². The number of ether oxygens (including phenoxy) is 1. The van der Waals surface area contributed by atoms with Gasteiger partial charge in [0, 0.05) is 6.04 Å². The molecule has 1 amide bonds. The lowest BCUT2D eigenvalue weighted by molar-refractivity contribution is -0.118. The summed E-state index contributed by atoms with van der Waals surface area (Å²) in [5, 5.41) is 13.1. The Morgan fingerprint density at radius 2 is 2.10 bits per heavy atom. The number of rotatable bonds is 5. The van der Waals surface area contributed by atoms with Gasteiger partial charge in [-0.3, -0.25) is 4.79 Å². The third-order valence-electron chi connectivity index (χ3n) is 3.73. The maximum atomic E-state index is 12.2. The molecule has 114 valence electrons. The largest absolute Gasteiger partial charge is 0.498 e. The van der Waals surface area contributed by atoms with Gasteiger partial charge in [0.05, 0.1) is 18.3 Å². The van der Waals surface area contributed by atoms with E-state index in [1.807, 2.05) is 44.2 Å². The first kappa shape index (κ1) is 15.6. The zero-order chi connectivity index (χ0) is 15.2. The molecule has 0 saturated heterocycles. The molecule has 2 unspecified atom stereocenters. The maximum Gasteiger partial charge on any atom is 0.250 e. The van der Waals surface area contributed by atoms with Crippen molar-refractivity contribution in [1.82, 2.24) is 5.32 Å². The van der Waals surface area contributed by atoms with Gasteiger partial charge in [0.25, 0.3) is 5.91 Å². The topological polar surface area (TPSA) is 58.6 Å². The number of carbonyl (C=O) groups excluding carboxylic acids is 1. The van der Waals surface area contributed by atoms with E-state index in [2.05, 4.69) is 5.32 Å². The normalized spacial score (nSPS) is 17.9. The lowest BCUT2D eigenvalue weighted by Gasteiger charge is -2.22.